The number of nitrogens with one attached hydrogen (secondary N) is 1. The lowest BCUT2D eigenvalue weighted by Gasteiger charge is -2.22. The summed E-state index contributed by atoms with van der Waals surface area (Å²) in [6.07, 6.45) is 4.45. The van der Waals surface area contributed by atoms with Gasteiger partial charge < -0.3 is 9.30 Å². The summed E-state index contributed by atoms with van der Waals surface area (Å²) in [5.74, 6) is 0.716. The van der Waals surface area contributed by atoms with E-state index >= 15 is 0 Å². The van der Waals surface area contributed by atoms with Crippen LogP contribution in [0.15, 0.2) is 64.6 Å². The molecule has 1 N–H and O–H groups in total. The van der Waals surface area contributed by atoms with Gasteiger partial charge in [0.05, 0.1) is 12.2 Å². The molecule has 1 amide bonds. The summed E-state index contributed by atoms with van der Waals surface area (Å²) in [6.45, 7) is 7.62. The minimum atomic E-state index is -0.370. The van der Waals surface area contributed by atoms with E-state index < -0.39 is 0 Å². The van der Waals surface area contributed by atoms with E-state index in [1.807, 2.05) is 29.7 Å². The molecule has 0 atom stereocenters. The second-order valence-corrected chi connectivity index (χ2v) is 9.39. The van der Waals surface area contributed by atoms with E-state index in [-0.39, 0.29) is 11.7 Å². The van der Waals surface area contributed by atoms with E-state index in [1.54, 1.807) is 11.1 Å². The predicted octanol–water partition coefficient (Wildman–Crippen LogP) is 5.81. The van der Waals surface area contributed by atoms with Crippen molar-refractivity contribution in [1.82, 2.24) is 9.47 Å². The van der Waals surface area contributed by atoms with Crippen molar-refractivity contribution in [2.24, 2.45) is 4.99 Å². The van der Waals surface area contributed by atoms with Crippen LogP contribution in [0.4, 0.5) is 0 Å². The second-order valence-electron chi connectivity index (χ2n) is 8.52. The number of nitrogens with zero attached hydrogens (tertiary/aromatic N) is 3. The minimum absolute atomic E-state index is 0.161. The van der Waals surface area contributed by atoms with E-state index in [0.29, 0.717) is 17.3 Å². The Hall–Kier alpha value is -3.58. The normalized spacial score (nSPS) is 16.5. The Bertz CT molecular complexity index is 1410. The lowest BCUT2D eigenvalue weighted by Crippen LogP contribution is -2.35. The summed E-state index contributed by atoms with van der Waals surface area (Å²) < 4.78 is 8.30. The molecule has 3 aromatic rings. The van der Waals surface area contributed by atoms with Gasteiger partial charge in [-0.2, -0.15) is 4.99 Å². The van der Waals surface area contributed by atoms with E-state index in [0.717, 1.165) is 46.4 Å². The number of hydrogen-bond donors (Lipinski definition) is 1. The third-order valence-electron chi connectivity index (χ3n) is 6.20. The molecule has 172 valence electrons. The third-order valence-corrected chi connectivity index (χ3v) is 6.95. The van der Waals surface area contributed by atoms with Crippen molar-refractivity contribution in [3.8, 4) is 5.75 Å². The highest BCUT2D eigenvalue weighted by Crippen LogP contribution is 2.32. The van der Waals surface area contributed by atoms with Crippen LogP contribution < -0.4 is 4.74 Å². The molecular weight excluding hydrogens is 444 g/mol. The van der Waals surface area contributed by atoms with Crippen LogP contribution in [0.5, 0.6) is 5.75 Å². The maximum Gasteiger partial charge on any atom is 0.283 e. The van der Waals surface area contributed by atoms with Crippen molar-refractivity contribution in [3.05, 3.63) is 82.0 Å². The van der Waals surface area contributed by atoms with Gasteiger partial charge in [-0.05, 0) is 56.4 Å². The van der Waals surface area contributed by atoms with Crippen LogP contribution in [0.25, 0.3) is 17.0 Å². The van der Waals surface area contributed by atoms with Gasteiger partial charge in [0, 0.05) is 34.9 Å². The molecule has 2 aliphatic heterocycles. The molecule has 5 rings (SSSR count). The predicted molar refractivity (Wildman–Crippen MR) is 139 cm³/mol. The quantitative estimate of drug-likeness (QED) is 0.364. The van der Waals surface area contributed by atoms with E-state index in [2.05, 4.69) is 54.6 Å². The topological polar surface area (TPSA) is 70.7 Å². The monoisotopic (exact) mass is 470 g/mol. The first-order valence-electron chi connectivity index (χ1n) is 11.3. The number of thioether (sulfide) groups is 1. The van der Waals surface area contributed by atoms with Gasteiger partial charge in [-0.1, -0.05) is 47.7 Å². The molecule has 3 heterocycles. The minimum Gasteiger partial charge on any atom is -0.493 e. The Morgan fingerprint density at radius 2 is 1.97 bits per heavy atom. The van der Waals surface area contributed by atoms with Crippen LogP contribution in [0.3, 0.4) is 0 Å². The van der Waals surface area contributed by atoms with Gasteiger partial charge in [0.15, 0.2) is 5.17 Å². The standard InChI is InChI=1S/C27H26N4O2S/c1-17-9-10-24(18(2)15-17)33-13-6-11-30-19(3)21(20-7-4-5-8-23(20)30)16-22-25(28)31-12-14-34-27(31)29-26(22)32/h4-5,7-10,12,14-16,28H,6,11,13H2,1-3H3/b22-16-,28-25?. The van der Waals surface area contributed by atoms with Gasteiger partial charge >= 0.3 is 0 Å². The number of amides is 1. The van der Waals surface area contributed by atoms with Gasteiger partial charge in [-0.3, -0.25) is 15.1 Å². The fourth-order valence-corrected chi connectivity index (χ4v) is 5.18. The van der Waals surface area contributed by atoms with E-state index in [9.17, 15) is 4.79 Å². The zero-order chi connectivity index (χ0) is 23.8. The number of para-hydroxylation sites is 1. The highest BCUT2D eigenvalue weighted by Gasteiger charge is 2.31. The van der Waals surface area contributed by atoms with E-state index in [1.165, 1.54) is 17.3 Å². The molecule has 0 unspecified atom stereocenters. The number of rotatable bonds is 6. The average Bonchev–Trinajstić information content (AvgIpc) is 3.38. The lowest BCUT2D eigenvalue weighted by molar-refractivity contribution is -0.114. The average molecular weight is 471 g/mol. The number of hydrogen-bond acceptors (Lipinski definition) is 4. The highest BCUT2D eigenvalue weighted by molar-refractivity contribution is 8.16. The molecule has 0 saturated heterocycles. The number of carbonyl (C=O) groups is 1. The molecule has 0 fully saturated rings. The summed E-state index contributed by atoms with van der Waals surface area (Å²) in [7, 11) is 0. The first-order chi connectivity index (χ1) is 16.4. The van der Waals surface area contributed by atoms with Crippen molar-refractivity contribution < 1.29 is 9.53 Å². The molecule has 1 aromatic heterocycles. The van der Waals surface area contributed by atoms with Crippen molar-refractivity contribution >= 4 is 45.7 Å². The number of benzene rings is 2. The third kappa shape index (κ3) is 3.96. The molecule has 0 saturated carbocycles. The van der Waals surface area contributed by atoms with Crippen LogP contribution in [-0.4, -0.2) is 33.0 Å². The van der Waals surface area contributed by atoms with Crippen LogP contribution in [0.1, 0.15) is 28.8 Å². The molecule has 34 heavy (non-hydrogen) atoms. The number of aryl methyl sites for hydroxylation is 3. The number of amidine groups is 2. The van der Waals surface area contributed by atoms with Crippen molar-refractivity contribution in [1.29, 1.82) is 5.41 Å². The van der Waals surface area contributed by atoms with Gasteiger partial charge in [-0.25, -0.2) is 0 Å². The summed E-state index contributed by atoms with van der Waals surface area (Å²) in [4.78, 5) is 18.5. The number of carbonyl (C=O) groups excluding carboxylic acids is 1. The summed E-state index contributed by atoms with van der Waals surface area (Å²) in [6, 6.07) is 14.4. The summed E-state index contributed by atoms with van der Waals surface area (Å²) >= 11 is 1.35. The molecule has 2 aromatic carbocycles. The van der Waals surface area contributed by atoms with Crippen LogP contribution >= 0.6 is 11.8 Å². The van der Waals surface area contributed by atoms with Crippen molar-refractivity contribution in [2.45, 2.75) is 33.7 Å². The number of fused-ring (bicyclic) bond motifs is 2. The molecule has 6 nitrogen and oxygen atoms in total. The summed E-state index contributed by atoms with van der Waals surface area (Å²) in [5, 5.41) is 12.0. The molecule has 7 heteroatoms. The maximum atomic E-state index is 12.7. The Kier molecular flexibility index (Phi) is 5.87. The summed E-state index contributed by atoms with van der Waals surface area (Å²) in [5.41, 5.74) is 5.80. The van der Waals surface area contributed by atoms with Gasteiger partial charge in [0.2, 0.25) is 0 Å². The Morgan fingerprint density at radius 1 is 1.15 bits per heavy atom. The Morgan fingerprint density at radius 3 is 2.79 bits per heavy atom. The molecule has 0 bridgehead atoms. The van der Waals surface area contributed by atoms with Gasteiger partial charge in [0.25, 0.3) is 5.91 Å². The van der Waals surface area contributed by atoms with Gasteiger partial charge in [-0.15, -0.1) is 0 Å². The first-order valence-corrected chi connectivity index (χ1v) is 12.2. The van der Waals surface area contributed by atoms with Crippen LogP contribution in [0, 0.1) is 26.2 Å². The zero-order valence-corrected chi connectivity index (χ0v) is 20.3. The van der Waals surface area contributed by atoms with Crippen LogP contribution in [-0.2, 0) is 11.3 Å². The van der Waals surface area contributed by atoms with Crippen molar-refractivity contribution in [3.63, 3.8) is 0 Å². The number of aliphatic imine (C=N–C) groups is 1. The number of aromatic nitrogens is 1. The fourth-order valence-electron chi connectivity index (χ4n) is 4.47. The molecule has 0 aliphatic carbocycles. The largest absolute Gasteiger partial charge is 0.493 e. The zero-order valence-electron chi connectivity index (χ0n) is 19.5. The Labute approximate surface area is 203 Å². The maximum absolute atomic E-state index is 12.7. The second kappa shape index (κ2) is 8.99. The van der Waals surface area contributed by atoms with E-state index in [4.69, 9.17) is 10.1 Å². The van der Waals surface area contributed by atoms with Crippen molar-refractivity contribution in [2.75, 3.05) is 6.61 Å². The molecule has 0 radical (unpaired) electrons. The SMILES string of the molecule is Cc1ccc(OCCCn2c(C)c(/C=C3/C(=N)N4C=CSC4=NC3=O)c3ccccc32)c(C)c1. The lowest BCUT2D eigenvalue weighted by atomic mass is 10.1. The van der Waals surface area contributed by atoms with Gasteiger partial charge in [0.1, 0.15) is 11.6 Å². The smallest absolute Gasteiger partial charge is 0.283 e. The molecule has 2 aliphatic rings. The molecular formula is C27H26N4O2S. The number of ether oxygens (including phenoxy) is 1. The highest BCUT2D eigenvalue weighted by atomic mass is 32.2. The molecule has 0 spiro atoms. The first kappa shape index (κ1) is 22.2. The fraction of sp³-hybridized carbons (Fsp3) is 0.222. The Balaban J connectivity index is 1.41. The van der Waals surface area contributed by atoms with Crippen LogP contribution in [0.2, 0.25) is 0 Å².